The van der Waals surface area contributed by atoms with Crippen LogP contribution in [0.1, 0.15) is 0 Å². The first-order valence-electron chi connectivity index (χ1n) is 2.14. The summed E-state index contributed by atoms with van der Waals surface area (Å²) in [6.45, 7) is 0. The second kappa shape index (κ2) is 6.42. The van der Waals surface area contributed by atoms with Crippen molar-refractivity contribution in [1.82, 2.24) is 0 Å². The van der Waals surface area contributed by atoms with E-state index in [9.17, 15) is 0 Å². The molecule has 0 bridgehead atoms. The van der Waals surface area contributed by atoms with Gasteiger partial charge in [-0.25, -0.2) is 0 Å². The van der Waals surface area contributed by atoms with Crippen LogP contribution in [0.3, 0.4) is 0 Å². The molecule has 0 rings (SSSR count). The number of hydrogen-bond acceptors (Lipinski definition) is 3. The van der Waals surface area contributed by atoms with E-state index < -0.39 is 7.66 Å². The summed E-state index contributed by atoms with van der Waals surface area (Å²) in [6.07, 6.45) is 0. The molecule has 0 aromatic carbocycles. The Morgan fingerprint density at radius 3 is 2.27 bits per heavy atom. The molecule has 0 aliphatic heterocycles. The first-order valence-corrected chi connectivity index (χ1v) is 3.34. The Morgan fingerprint density at radius 1 is 1.09 bits per heavy atom. The monoisotopic (exact) mass is 176 g/mol. The maximum Gasteiger partial charge on any atom is 0.261 e. The molecule has 0 radical (unpaired) electrons. The Morgan fingerprint density at radius 2 is 1.82 bits per heavy atom. The van der Waals surface area contributed by atoms with E-state index in [1.54, 1.807) is 0 Å². The molecule has 0 spiro atoms. The molecule has 0 fully saturated rings. The van der Waals surface area contributed by atoms with Crippen molar-refractivity contribution in [3.05, 3.63) is 0 Å². The lowest BCUT2D eigenvalue weighted by Gasteiger charge is -1.74. The van der Waals surface area contributed by atoms with Crippen LogP contribution in [0.2, 0.25) is 0 Å². The third-order valence-corrected chi connectivity index (χ3v) is 1.18. The minimum atomic E-state index is -1.68. The van der Waals surface area contributed by atoms with Crippen molar-refractivity contribution < 1.29 is 0 Å². The van der Waals surface area contributed by atoms with Crippen LogP contribution in [0.4, 0.5) is 0 Å². The van der Waals surface area contributed by atoms with Gasteiger partial charge in [0, 0.05) is 0 Å². The lowest BCUT2D eigenvalue weighted by atomic mass is 12.6. The first-order chi connectivity index (χ1) is 5.35. The third-order valence-electron chi connectivity index (χ3n) is 0.428. The number of nitrogens with zero attached hydrogens (tertiary/aromatic N) is 7. The molecular formula is H5N10P. The van der Waals surface area contributed by atoms with Crippen LogP contribution in [0.25, 0.3) is 0 Å². The van der Waals surface area contributed by atoms with Crippen LogP contribution >= 0.6 is 7.66 Å². The van der Waals surface area contributed by atoms with E-state index in [-0.39, 0.29) is 0 Å². The van der Waals surface area contributed by atoms with Crippen LogP contribution in [-0.2, 0) is 0 Å². The van der Waals surface area contributed by atoms with Crippen molar-refractivity contribution in [3.63, 3.8) is 0 Å². The molecule has 60 valence electrons. The number of hydrogen-bond donors (Lipinski definition) is 3. The van der Waals surface area contributed by atoms with Crippen molar-refractivity contribution in [3.8, 4) is 0 Å². The number of nitrogens with one attached hydrogen (secondary N) is 1. The van der Waals surface area contributed by atoms with E-state index in [1.807, 2.05) is 0 Å². The molecule has 10 nitrogen and oxygen atoms in total. The van der Waals surface area contributed by atoms with E-state index in [1.165, 1.54) is 0 Å². The molecule has 1 unspecified atom stereocenters. The van der Waals surface area contributed by atoms with Crippen LogP contribution < -0.4 is 11.7 Å². The maximum atomic E-state index is 6.32. The van der Waals surface area contributed by atoms with Gasteiger partial charge in [-0.3, -0.25) is 0 Å². The molecule has 0 amide bonds. The molecule has 0 saturated heterocycles. The summed E-state index contributed by atoms with van der Waals surface area (Å²) in [4.78, 5) is 9.75. The van der Waals surface area contributed by atoms with Gasteiger partial charge in [0.15, 0.2) is 0 Å². The second-order valence-electron chi connectivity index (χ2n) is 0.957. The molecule has 0 aromatic rings. The zero-order chi connectivity index (χ0) is 8.53. The summed E-state index contributed by atoms with van der Waals surface area (Å²) in [5.74, 6) is 9.30. The van der Waals surface area contributed by atoms with Gasteiger partial charge < -0.3 is 11.7 Å². The molecule has 11 heavy (non-hydrogen) atoms. The molecule has 0 aliphatic rings. The lowest BCUT2D eigenvalue weighted by Crippen LogP contribution is -1.71. The zero-order valence-electron chi connectivity index (χ0n) is 5.23. The van der Waals surface area contributed by atoms with Crippen molar-refractivity contribution in [2.45, 2.75) is 0 Å². The highest BCUT2D eigenvalue weighted by molar-refractivity contribution is 7.34. The van der Waals surface area contributed by atoms with Crippen LogP contribution in [0.5, 0.6) is 0 Å². The van der Waals surface area contributed by atoms with Gasteiger partial charge >= 0.3 is 0 Å². The summed E-state index contributed by atoms with van der Waals surface area (Å²) < 4.78 is 0. The molecule has 5 N–H and O–H groups in total. The second-order valence-corrected chi connectivity index (χ2v) is 2.03. The lowest BCUT2D eigenvalue weighted by molar-refractivity contribution is 0.956. The van der Waals surface area contributed by atoms with Crippen molar-refractivity contribution in [2.24, 2.45) is 47.2 Å². The highest BCUT2D eigenvalue weighted by Crippen LogP contribution is 2.17. The largest absolute Gasteiger partial charge is 0.304 e. The van der Waals surface area contributed by atoms with Crippen LogP contribution in [0, 0.1) is 5.53 Å². The van der Waals surface area contributed by atoms with Crippen molar-refractivity contribution in [2.75, 3.05) is 0 Å². The normalized spacial score (nSPS) is 13.3. The predicted molar refractivity (Wildman–Crippen MR) is 35.0 cm³/mol. The first kappa shape index (κ1) is 9.30. The van der Waals surface area contributed by atoms with E-state index in [0.29, 0.717) is 0 Å². The SMILES string of the molecule is N=N\N=P(=N/N=N/N)/N=N/N. The average Bonchev–Trinajstić information content (AvgIpc) is 2.01. The van der Waals surface area contributed by atoms with Gasteiger partial charge in [-0.2, -0.15) is 5.53 Å². The topological polar surface area (TPSA) is 162 Å². The fourth-order valence-electron chi connectivity index (χ4n) is 0.199. The van der Waals surface area contributed by atoms with Gasteiger partial charge in [-0.1, -0.05) is 25.0 Å². The highest BCUT2D eigenvalue weighted by Gasteiger charge is 1.78. The zero-order valence-corrected chi connectivity index (χ0v) is 6.13. The standard InChI is InChI=1S/H5N10P/c1-4-7-10-11(8-5-2)9-6-3/h(H2,1,7)(H3,2,3,4,8,9,10). The summed E-state index contributed by atoms with van der Waals surface area (Å²) in [7, 11) is -1.68. The maximum absolute atomic E-state index is 6.32. The fourth-order valence-corrected chi connectivity index (χ4v) is 0.596. The predicted octanol–water partition coefficient (Wildman–Crippen LogP) is 1.26. The minimum Gasteiger partial charge on any atom is -0.304 e. The third kappa shape index (κ3) is 4.78. The molecule has 11 heteroatoms. The Bertz CT molecular complexity index is 236. The highest BCUT2D eigenvalue weighted by atomic mass is 31.1. The Labute approximate surface area is 61.4 Å². The van der Waals surface area contributed by atoms with E-state index in [2.05, 4.69) is 47.2 Å². The van der Waals surface area contributed by atoms with Gasteiger partial charge in [0.2, 0.25) is 0 Å². The molecular weight excluding hydrogens is 171 g/mol. The summed E-state index contributed by atoms with van der Waals surface area (Å²) in [6, 6.07) is 0. The van der Waals surface area contributed by atoms with Crippen molar-refractivity contribution in [1.29, 1.82) is 5.53 Å². The van der Waals surface area contributed by atoms with Gasteiger partial charge in [0.25, 0.3) is 7.66 Å². The van der Waals surface area contributed by atoms with Crippen LogP contribution in [0.15, 0.2) is 35.5 Å². The van der Waals surface area contributed by atoms with Gasteiger partial charge in [0.1, 0.15) is 0 Å². The smallest absolute Gasteiger partial charge is 0.261 e. The Kier molecular flexibility index (Phi) is 5.43. The van der Waals surface area contributed by atoms with Gasteiger partial charge in [0.05, 0.1) is 0 Å². The molecule has 1 atom stereocenters. The van der Waals surface area contributed by atoms with Gasteiger partial charge in [-0.15, -0.1) is 0 Å². The van der Waals surface area contributed by atoms with E-state index in [4.69, 9.17) is 5.53 Å². The number of nitrogens with two attached hydrogens (primary N) is 2. The fraction of sp³-hybridized carbons (Fsp3) is 0. The van der Waals surface area contributed by atoms with Gasteiger partial charge in [-0.05, 0) is 10.4 Å². The summed E-state index contributed by atoms with van der Waals surface area (Å²) in [5, 5.41) is 11.4. The Balaban J connectivity index is 4.59. The molecule has 0 aliphatic carbocycles. The van der Waals surface area contributed by atoms with Crippen LogP contribution in [-0.4, -0.2) is 0 Å². The van der Waals surface area contributed by atoms with E-state index in [0.717, 1.165) is 0 Å². The quantitative estimate of drug-likeness (QED) is 0.255. The number of rotatable bonds is 3. The summed E-state index contributed by atoms with van der Waals surface area (Å²) in [5.41, 5.74) is 6.32. The molecule has 0 heterocycles. The summed E-state index contributed by atoms with van der Waals surface area (Å²) >= 11 is 0. The van der Waals surface area contributed by atoms with E-state index >= 15 is 0 Å². The molecule has 0 saturated carbocycles. The Hall–Kier alpha value is -1.70. The minimum absolute atomic E-state index is 1.68. The average molecular weight is 176 g/mol. The molecule has 0 aromatic heterocycles. The van der Waals surface area contributed by atoms with Crippen molar-refractivity contribution >= 4 is 7.66 Å².